The van der Waals surface area contributed by atoms with Crippen molar-refractivity contribution in [1.82, 2.24) is 0 Å². The Bertz CT molecular complexity index is 399. The predicted octanol–water partition coefficient (Wildman–Crippen LogP) is 3.42. The summed E-state index contributed by atoms with van der Waals surface area (Å²) in [6.07, 6.45) is 0. The fraction of sp³-hybridized carbons (Fsp3) is 0.500. The first-order valence-corrected chi connectivity index (χ1v) is 6.75. The second kappa shape index (κ2) is 6.14. The zero-order valence-electron chi connectivity index (χ0n) is 11.6. The maximum atomic E-state index is 12.3. The Balaban J connectivity index is 2.96. The van der Waals surface area contributed by atoms with Crippen LogP contribution in [0.2, 0.25) is 0 Å². The first-order chi connectivity index (χ1) is 8.39. The highest BCUT2D eigenvalue weighted by Gasteiger charge is 2.20. The van der Waals surface area contributed by atoms with E-state index in [0.717, 1.165) is 0 Å². The van der Waals surface area contributed by atoms with Crippen LogP contribution in [-0.4, -0.2) is 30.5 Å². The second-order valence-corrected chi connectivity index (χ2v) is 6.66. The Labute approximate surface area is 113 Å². The van der Waals surface area contributed by atoms with Crippen LogP contribution in [0, 0.1) is 0 Å². The van der Waals surface area contributed by atoms with Gasteiger partial charge in [-0.25, -0.2) is 0 Å². The fourth-order valence-electron chi connectivity index (χ4n) is 1.48. The molecule has 0 aliphatic carbocycles. The van der Waals surface area contributed by atoms with E-state index in [0.29, 0.717) is 22.8 Å². The monoisotopic (exact) mass is 268 g/mol. The van der Waals surface area contributed by atoms with Gasteiger partial charge in [-0.15, -0.1) is 11.8 Å². The molecule has 0 aliphatic rings. The zero-order chi connectivity index (χ0) is 13.8. The smallest absolute Gasteiger partial charge is 0.180 e. The van der Waals surface area contributed by atoms with Crippen molar-refractivity contribution < 1.29 is 14.3 Å². The number of Topliss-reactive ketones (excluding diaryl/α,β-unsaturated/α-hetero) is 1. The van der Waals surface area contributed by atoms with E-state index in [9.17, 15) is 4.79 Å². The molecule has 0 fully saturated rings. The highest BCUT2D eigenvalue weighted by Crippen LogP contribution is 2.31. The molecule has 0 aliphatic heterocycles. The summed E-state index contributed by atoms with van der Waals surface area (Å²) in [4.78, 5) is 12.3. The van der Waals surface area contributed by atoms with Crippen LogP contribution in [0.1, 0.15) is 31.1 Å². The summed E-state index contributed by atoms with van der Waals surface area (Å²) < 4.78 is 10.5. The number of ketones is 1. The van der Waals surface area contributed by atoms with Crippen LogP contribution in [0.15, 0.2) is 18.2 Å². The van der Waals surface area contributed by atoms with Crippen molar-refractivity contribution in [2.75, 3.05) is 20.0 Å². The molecule has 0 saturated heterocycles. The quantitative estimate of drug-likeness (QED) is 0.767. The number of ether oxygens (including phenoxy) is 2. The summed E-state index contributed by atoms with van der Waals surface area (Å²) in [6.45, 7) is 6.26. The number of thioether (sulfide) groups is 1. The number of methoxy groups -OCH3 is 2. The normalized spacial score (nSPS) is 11.2. The second-order valence-electron chi connectivity index (χ2n) is 4.86. The number of carbonyl (C=O) groups excluding carboxylic acids is 1. The molecule has 4 heteroatoms. The van der Waals surface area contributed by atoms with Crippen LogP contribution in [-0.2, 0) is 0 Å². The lowest BCUT2D eigenvalue weighted by molar-refractivity contribution is 0.101. The molecular weight excluding hydrogens is 248 g/mol. The third kappa shape index (κ3) is 3.95. The Kier molecular flexibility index (Phi) is 5.08. The van der Waals surface area contributed by atoms with Crippen molar-refractivity contribution in [3.05, 3.63) is 23.8 Å². The van der Waals surface area contributed by atoms with Gasteiger partial charge in [0.05, 0.1) is 20.0 Å². The predicted molar refractivity (Wildman–Crippen MR) is 76.1 cm³/mol. The summed E-state index contributed by atoms with van der Waals surface area (Å²) in [5.41, 5.74) is 0.527. The standard InChI is InChI=1S/C14H20O3S/c1-14(2,3)18-9-10(15)13-11(16-4)7-6-8-12(13)17-5/h6-8H,9H2,1-5H3. The lowest BCUT2D eigenvalue weighted by Crippen LogP contribution is -2.14. The molecule has 0 N–H and O–H groups in total. The van der Waals surface area contributed by atoms with Gasteiger partial charge in [0.25, 0.3) is 0 Å². The molecule has 0 spiro atoms. The highest BCUT2D eigenvalue weighted by atomic mass is 32.2. The third-order valence-electron chi connectivity index (χ3n) is 2.34. The van der Waals surface area contributed by atoms with E-state index < -0.39 is 0 Å². The molecule has 0 atom stereocenters. The first kappa shape index (κ1) is 14.9. The van der Waals surface area contributed by atoms with Gasteiger partial charge in [0.2, 0.25) is 0 Å². The summed E-state index contributed by atoms with van der Waals surface area (Å²) in [7, 11) is 3.12. The summed E-state index contributed by atoms with van der Waals surface area (Å²) in [5.74, 6) is 1.58. The Morgan fingerprint density at radius 3 is 2.06 bits per heavy atom. The van der Waals surface area contributed by atoms with Gasteiger partial charge < -0.3 is 9.47 Å². The maximum Gasteiger partial charge on any atom is 0.180 e. The number of hydrogen-bond donors (Lipinski definition) is 0. The highest BCUT2D eigenvalue weighted by molar-refractivity contribution is 8.01. The number of benzene rings is 1. The number of rotatable bonds is 5. The van der Waals surface area contributed by atoms with Gasteiger partial charge in [-0.1, -0.05) is 26.8 Å². The average molecular weight is 268 g/mol. The van der Waals surface area contributed by atoms with Crippen molar-refractivity contribution in [3.8, 4) is 11.5 Å². The van der Waals surface area contributed by atoms with Crippen molar-refractivity contribution in [1.29, 1.82) is 0 Å². The van der Waals surface area contributed by atoms with Crippen LogP contribution in [0.25, 0.3) is 0 Å². The molecule has 0 unspecified atom stereocenters. The lowest BCUT2D eigenvalue weighted by atomic mass is 10.1. The molecule has 100 valence electrons. The third-order valence-corrected chi connectivity index (χ3v) is 3.62. The molecule has 1 aromatic carbocycles. The molecule has 0 saturated carbocycles. The van der Waals surface area contributed by atoms with Crippen LogP contribution < -0.4 is 9.47 Å². The minimum Gasteiger partial charge on any atom is -0.496 e. The van der Waals surface area contributed by atoms with Gasteiger partial charge in [0, 0.05) is 4.75 Å². The van der Waals surface area contributed by atoms with Crippen LogP contribution in [0.3, 0.4) is 0 Å². The molecular formula is C14H20O3S. The van der Waals surface area contributed by atoms with Gasteiger partial charge in [-0.2, -0.15) is 0 Å². The van der Waals surface area contributed by atoms with Crippen LogP contribution in [0.5, 0.6) is 11.5 Å². The molecule has 0 aromatic heterocycles. The Morgan fingerprint density at radius 1 is 1.17 bits per heavy atom. The van der Waals surface area contributed by atoms with E-state index >= 15 is 0 Å². The minimum atomic E-state index is 0.0317. The van der Waals surface area contributed by atoms with E-state index in [1.165, 1.54) is 0 Å². The van der Waals surface area contributed by atoms with Crippen molar-refractivity contribution in [2.45, 2.75) is 25.5 Å². The SMILES string of the molecule is COc1cccc(OC)c1C(=O)CSC(C)(C)C. The first-order valence-electron chi connectivity index (χ1n) is 5.77. The van der Waals surface area contributed by atoms with E-state index in [-0.39, 0.29) is 10.5 Å². The lowest BCUT2D eigenvalue weighted by Gasteiger charge is -2.18. The van der Waals surface area contributed by atoms with Gasteiger partial charge in [-0.05, 0) is 12.1 Å². The molecule has 18 heavy (non-hydrogen) atoms. The largest absolute Gasteiger partial charge is 0.496 e. The van der Waals surface area contributed by atoms with E-state index in [4.69, 9.17) is 9.47 Å². The number of carbonyl (C=O) groups is 1. The zero-order valence-corrected chi connectivity index (χ0v) is 12.4. The molecule has 3 nitrogen and oxygen atoms in total. The van der Waals surface area contributed by atoms with Crippen LogP contribution >= 0.6 is 11.8 Å². The van der Waals surface area contributed by atoms with Gasteiger partial charge in [0.15, 0.2) is 5.78 Å². The molecule has 0 amide bonds. The van der Waals surface area contributed by atoms with Crippen LogP contribution in [0.4, 0.5) is 0 Å². The maximum absolute atomic E-state index is 12.3. The fourth-order valence-corrected chi connectivity index (χ4v) is 2.19. The summed E-state index contributed by atoms with van der Waals surface area (Å²) >= 11 is 1.61. The summed E-state index contributed by atoms with van der Waals surface area (Å²) in [6, 6.07) is 5.36. The van der Waals surface area contributed by atoms with E-state index in [2.05, 4.69) is 20.8 Å². The Hall–Kier alpha value is -1.16. The van der Waals surface area contributed by atoms with Crippen molar-refractivity contribution in [2.24, 2.45) is 0 Å². The number of hydrogen-bond acceptors (Lipinski definition) is 4. The molecule has 1 rings (SSSR count). The van der Waals surface area contributed by atoms with Crippen molar-refractivity contribution >= 4 is 17.5 Å². The average Bonchev–Trinajstić information content (AvgIpc) is 2.33. The van der Waals surface area contributed by atoms with E-state index in [1.807, 2.05) is 6.07 Å². The molecule has 0 bridgehead atoms. The molecule has 0 heterocycles. The molecule has 0 radical (unpaired) electrons. The van der Waals surface area contributed by atoms with Gasteiger partial charge in [0.1, 0.15) is 17.1 Å². The molecule has 1 aromatic rings. The summed E-state index contributed by atoms with van der Waals surface area (Å²) in [5, 5.41) is 0. The Morgan fingerprint density at radius 2 is 1.67 bits per heavy atom. The van der Waals surface area contributed by atoms with Gasteiger partial charge >= 0.3 is 0 Å². The van der Waals surface area contributed by atoms with E-state index in [1.54, 1.807) is 38.1 Å². The van der Waals surface area contributed by atoms with Gasteiger partial charge in [-0.3, -0.25) is 4.79 Å². The topological polar surface area (TPSA) is 35.5 Å². The van der Waals surface area contributed by atoms with Crippen molar-refractivity contribution in [3.63, 3.8) is 0 Å². The minimum absolute atomic E-state index is 0.0317.